The van der Waals surface area contributed by atoms with Crippen LogP contribution in [0.1, 0.15) is 22.7 Å². The maximum absolute atomic E-state index is 10.6. The Kier molecular flexibility index (Phi) is 4.55. The Morgan fingerprint density at radius 3 is 2.97 bits per heavy atom. The fraction of sp³-hybridized carbons (Fsp3) is 0.208. The molecule has 0 bridgehead atoms. The number of hydrogen-bond donors (Lipinski definition) is 2. The minimum Gasteiger partial charge on any atom is -0.390 e. The van der Waals surface area contributed by atoms with Crippen LogP contribution >= 0.6 is 11.3 Å². The third-order valence-electron chi connectivity index (χ3n) is 6.00. The molecule has 0 spiro atoms. The van der Waals surface area contributed by atoms with E-state index in [1.165, 1.54) is 11.1 Å². The largest absolute Gasteiger partial charge is 0.390 e. The third-order valence-corrected chi connectivity index (χ3v) is 6.95. The van der Waals surface area contributed by atoms with Gasteiger partial charge in [0, 0.05) is 31.8 Å². The molecule has 1 aliphatic rings. The van der Waals surface area contributed by atoms with E-state index in [0.29, 0.717) is 6.42 Å². The number of anilines is 1. The molecular weight excluding hydrogens is 420 g/mol. The predicted octanol–water partition coefficient (Wildman–Crippen LogP) is 4.01. The second-order valence-corrected chi connectivity index (χ2v) is 9.25. The highest BCUT2D eigenvalue weighted by atomic mass is 32.1. The van der Waals surface area contributed by atoms with Crippen molar-refractivity contribution >= 4 is 26.7 Å². The van der Waals surface area contributed by atoms with Gasteiger partial charge in [0.2, 0.25) is 0 Å². The average Bonchev–Trinajstić information content (AvgIpc) is 3.55. The molecule has 0 saturated heterocycles. The molecule has 5 aromatic rings. The Morgan fingerprint density at radius 2 is 2.09 bits per heavy atom. The van der Waals surface area contributed by atoms with Crippen LogP contribution in [-0.4, -0.2) is 35.5 Å². The topological polar surface area (TPSA) is 80.8 Å². The Hall–Kier alpha value is -3.49. The van der Waals surface area contributed by atoms with Crippen LogP contribution in [0.4, 0.5) is 5.13 Å². The fourth-order valence-electron chi connectivity index (χ4n) is 4.45. The number of aliphatic hydroxyl groups excluding tert-OH is 1. The number of nitrogens with one attached hydrogen (secondary N) is 1. The van der Waals surface area contributed by atoms with Crippen LogP contribution in [0, 0.1) is 0 Å². The molecule has 0 unspecified atom stereocenters. The van der Waals surface area contributed by atoms with Crippen LogP contribution in [0.3, 0.4) is 0 Å². The van der Waals surface area contributed by atoms with E-state index in [9.17, 15) is 5.11 Å². The van der Waals surface area contributed by atoms with Crippen molar-refractivity contribution in [3.05, 3.63) is 84.1 Å². The SMILES string of the molecule is Cn1cc(-c2cncn2Cc2ccc3nc(N[C@@H]4c5ccccc5C[C@H]4O)sc3c2)cn1. The van der Waals surface area contributed by atoms with Crippen LogP contribution in [0.2, 0.25) is 0 Å². The first-order valence-electron chi connectivity index (χ1n) is 10.5. The smallest absolute Gasteiger partial charge is 0.184 e. The van der Waals surface area contributed by atoms with Gasteiger partial charge in [-0.05, 0) is 28.8 Å². The van der Waals surface area contributed by atoms with E-state index < -0.39 is 6.10 Å². The van der Waals surface area contributed by atoms with Crippen molar-refractivity contribution < 1.29 is 5.11 Å². The molecule has 2 atom stereocenters. The van der Waals surface area contributed by atoms with Gasteiger partial charge in [-0.1, -0.05) is 41.7 Å². The first kappa shape index (κ1) is 19.2. The van der Waals surface area contributed by atoms with Crippen LogP contribution in [-0.2, 0) is 20.0 Å². The molecule has 3 aromatic heterocycles. The number of imidazole rings is 1. The van der Waals surface area contributed by atoms with Crippen molar-refractivity contribution in [2.45, 2.75) is 25.1 Å². The minimum absolute atomic E-state index is 0.126. The van der Waals surface area contributed by atoms with Gasteiger partial charge < -0.3 is 15.0 Å². The lowest BCUT2D eigenvalue weighted by molar-refractivity contribution is 0.166. The zero-order chi connectivity index (χ0) is 21.7. The summed E-state index contributed by atoms with van der Waals surface area (Å²) in [4.78, 5) is 9.09. The number of aryl methyl sites for hydroxylation is 1. The van der Waals surface area contributed by atoms with Gasteiger partial charge in [-0.15, -0.1) is 0 Å². The minimum atomic E-state index is -0.442. The van der Waals surface area contributed by atoms with E-state index in [2.05, 4.69) is 50.3 Å². The molecule has 0 fully saturated rings. The van der Waals surface area contributed by atoms with Gasteiger partial charge in [0.25, 0.3) is 0 Å². The average molecular weight is 443 g/mol. The van der Waals surface area contributed by atoms with Gasteiger partial charge >= 0.3 is 0 Å². The highest BCUT2D eigenvalue weighted by molar-refractivity contribution is 7.22. The number of hydrogen-bond acceptors (Lipinski definition) is 6. The molecule has 8 heteroatoms. The Labute approximate surface area is 189 Å². The van der Waals surface area contributed by atoms with Crippen LogP contribution in [0.15, 0.2) is 67.4 Å². The standard InChI is InChI=1S/C24H22N6OS/c1-29-13-17(10-26-29)20-11-25-14-30(20)12-15-6-7-19-22(8-15)32-24(27-19)28-23-18-5-3-2-4-16(18)9-21(23)31/h2-8,10-11,13-14,21,23,31H,9,12H2,1H3,(H,27,28)/t21-,23-/m1/s1. The maximum Gasteiger partial charge on any atom is 0.184 e. The van der Waals surface area contributed by atoms with E-state index in [1.807, 2.05) is 44.1 Å². The summed E-state index contributed by atoms with van der Waals surface area (Å²) in [6.07, 6.45) is 7.80. The summed E-state index contributed by atoms with van der Waals surface area (Å²) in [7, 11) is 1.91. The van der Waals surface area contributed by atoms with Gasteiger partial charge in [-0.3, -0.25) is 4.68 Å². The van der Waals surface area contributed by atoms with Gasteiger partial charge in [0.05, 0.1) is 46.8 Å². The predicted molar refractivity (Wildman–Crippen MR) is 126 cm³/mol. The lowest BCUT2D eigenvalue weighted by atomic mass is 10.1. The molecule has 3 heterocycles. The van der Waals surface area contributed by atoms with Gasteiger partial charge in [0.15, 0.2) is 5.13 Å². The Bertz CT molecular complexity index is 1420. The molecule has 0 radical (unpaired) electrons. The molecular formula is C24H22N6OS. The van der Waals surface area contributed by atoms with Crippen molar-refractivity contribution in [3.8, 4) is 11.3 Å². The fourth-order valence-corrected chi connectivity index (χ4v) is 5.41. The summed E-state index contributed by atoms with van der Waals surface area (Å²) >= 11 is 1.62. The van der Waals surface area contributed by atoms with Crippen molar-refractivity contribution in [2.24, 2.45) is 7.05 Å². The summed E-state index contributed by atoms with van der Waals surface area (Å²) in [5, 5.41) is 19.1. The first-order valence-corrected chi connectivity index (χ1v) is 11.4. The van der Waals surface area contributed by atoms with Crippen LogP contribution in [0.5, 0.6) is 0 Å². The first-order chi connectivity index (χ1) is 15.6. The summed E-state index contributed by atoms with van der Waals surface area (Å²) in [5.41, 5.74) is 6.58. The van der Waals surface area contributed by atoms with E-state index in [1.54, 1.807) is 16.0 Å². The highest BCUT2D eigenvalue weighted by Crippen LogP contribution is 2.36. The zero-order valence-electron chi connectivity index (χ0n) is 17.5. The number of nitrogens with zero attached hydrogens (tertiary/aromatic N) is 5. The normalized spacial score (nSPS) is 17.7. The molecule has 0 saturated carbocycles. The van der Waals surface area contributed by atoms with E-state index in [0.717, 1.165) is 38.7 Å². The number of fused-ring (bicyclic) bond motifs is 2. The lowest BCUT2D eigenvalue weighted by Gasteiger charge is -2.16. The quantitative estimate of drug-likeness (QED) is 0.430. The van der Waals surface area contributed by atoms with Gasteiger partial charge in [-0.25, -0.2) is 9.97 Å². The van der Waals surface area contributed by atoms with Crippen LogP contribution in [0.25, 0.3) is 21.5 Å². The molecule has 32 heavy (non-hydrogen) atoms. The Balaban J connectivity index is 1.25. The molecule has 0 amide bonds. The zero-order valence-corrected chi connectivity index (χ0v) is 18.3. The van der Waals surface area contributed by atoms with E-state index in [4.69, 9.17) is 4.98 Å². The molecule has 2 aromatic carbocycles. The number of thiazole rings is 1. The summed E-state index contributed by atoms with van der Waals surface area (Å²) in [6.45, 7) is 0.718. The van der Waals surface area contributed by atoms with Crippen LogP contribution < -0.4 is 5.32 Å². The second-order valence-electron chi connectivity index (χ2n) is 8.22. The lowest BCUT2D eigenvalue weighted by Crippen LogP contribution is -2.20. The Morgan fingerprint density at radius 1 is 1.19 bits per heavy atom. The summed E-state index contributed by atoms with van der Waals surface area (Å²) in [5.74, 6) is 0. The van der Waals surface area contributed by atoms with Gasteiger partial charge in [0.1, 0.15) is 0 Å². The monoisotopic (exact) mass is 442 g/mol. The number of benzene rings is 2. The molecule has 6 rings (SSSR count). The van der Waals surface area contributed by atoms with Crippen molar-refractivity contribution in [1.29, 1.82) is 0 Å². The van der Waals surface area contributed by atoms with Crippen molar-refractivity contribution in [3.63, 3.8) is 0 Å². The van der Waals surface area contributed by atoms with Crippen molar-refractivity contribution in [1.82, 2.24) is 24.3 Å². The molecule has 2 N–H and O–H groups in total. The maximum atomic E-state index is 10.6. The number of aliphatic hydroxyl groups is 1. The second kappa shape index (κ2) is 7.58. The summed E-state index contributed by atoms with van der Waals surface area (Å²) < 4.78 is 5.04. The number of rotatable bonds is 5. The third kappa shape index (κ3) is 3.37. The van der Waals surface area contributed by atoms with E-state index in [-0.39, 0.29) is 6.04 Å². The molecule has 160 valence electrons. The van der Waals surface area contributed by atoms with E-state index >= 15 is 0 Å². The van der Waals surface area contributed by atoms with Crippen molar-refractivity contribution in [2.75, 3.05) is 5.32 Å². The molecule has 1 aliphatic carbocycles. The molecule has 7 nitrogen and oxygen atoms in total. The highest BCUT2D eigenvalue weighted by Gasteiger charge is 2.31. The number of aromatic nitrogens is 5. The summed E-state index contributed by atoms with van der Waals surface area (Å²) in [6, 6.07) is 14.4. The molecule has 0 aliphatic heterocycles. The van der Waals surface area contributed by atoms with Gasteiger partial charge in [-0.2, -0.15) is 5.10 Å².